The molecule has 0 spiro atoms. The van der Waals surface area contributed by atoms with Crippen LogP contribution in [-0.4, -0.2) is 0 Å². The van der Waals surface area contributed by atoms with E-state index in [0.717, 1.165) is 0 Å². The minimum absolute atomic E-state index is 0.335. The molecule has 1 aliphatic carbocycles. The van der Waals surface area contributed by atoms with Crippen LogP contribution in [0.4, 0.5) is 0 Å². The Morgan fingerprint density at radius 3 is 2.12 bits per heavy atom. The van der Waals surface area contributed by atoms with Crippen molar-refractivity contribution in [2.75, 3.05) is 0 Å². The maximum absolute atomic E-state index is 2.41. The van der Waals surface area contributed by atoms with Gasteiger partial charge in [0.1, 0.15) is 0 Å². The SMILES string of the molecule is CC(C)(C)C1(C(C)(C)C)CCc2ccsc21. The summed E-state index contributed by atoms with van der Waals surface area (Å²) in [5.74, 6) is 0. The van der Waals surface area contributed by atoms with Gasteiger partial charge in [0.2, 0.25) is 0 Å². The van der Waals surface area contributed by atoms with Crippen LogP contribution in [0.1, 0.15) is 58.4 Å². The number of hydrogen-bond donors (Lipinski definition) is 0. The highest BCUT2D eigenvalue weighted by molar-refractivity contribution is 7.10. The van der Waals surface area contributed by atoms with Gasteiger partial charge in [0.05, 0.1) is 0 Å². The van der Waals surface area contributed by atoms with E-state index in [1.807, 2.05) is 11.3 Å². The third kappa shape index (κ3) is 1.40. The van der Waals surface area contributed by atoms with Gasteiger partial charge in [-0.05, 0) is 40.7 Å². The van der Waals surface area contributed by atoms with E-state index in [9.17, 15) is 0 Å². The van der Waals surface area contributed by atoms with E-state index in [1.54, 1.807) is 10.4 Å². The topological polar surface area (TPSA) is 0 Å². The Balaban J connectivity index is 2.64. The van der Waals surface area contributed by atoms with Crippen molar-refractivity contribution >= 4 is 11.3 Å². The lowest BCUT2D eigenvalue weighted by Gasteiger charge is -2.51. The highest BCUT2D eigenvalue weighted by Gasteiger charge is 2.55. The van der Waals surface area contributed by atoms with Crippen LogP contribution < -0.4 is 0 Å². The molecule has 0 fully saturated rings. The zero-order valence-electron chi connectivity index (χ0n) is 11.5. The molecule has 0 aliphatic heterocycles. The van der Waals surface area contributed by atoms with E-state index in [4.69, 9.17) is 0 Å². The molecule has 1 aliphatic rings. The second-order valence-electron chi connectivity index (χ2n) is 7.18. The van der Waals surface area contributed by atoms with Crippen molar-refractivity contribution in [3.05, 3.63) is 21.9 Å². The van der Waals surface area contributed by atoms with Crippen LogP contribution in [0.3, 0.4) is 0 Å². The molecule has 1 heterocycles. The minimum atomic E-state index is 0.335. The zero-order valence-corrected chi connectivity index (χ0v) is 12.3. The number of thiophene rings is 1. The Hall–Kier alpha value is -0.300. The average Bonchev–Trinajstić information content (AvgIpc) is 2.54. The maximum Gasteiger partial charge on any atom is 0.0150 e. The molecule has 0 N–H and O–H groups in total. The monoisotopic (exact) mass is 236 g/mol. The first kappa shape index (κ1) is 12.2. The molecule has 1 aromatic rings. The van der Waals surface area contributed by atoms with Crippen molar-refractivity contribution in [2.24, 2.45) is 10.8 Å². The molecule has 0 atom stereocenters. The first-order chi connectivity index (χ1) is 7.20. The molecular weight excluding hydrogens is 212 g/mol. The molecule has 0 bridgehead atoms. The molecule has 0 amide bonds. The van der Waals surface area contributed by atoms with Crippen molar-refractivity contribution in [2.45, 2.75) is 59.8 Å². The Morgan fingerprint density at radius 1 is 1.06 bits per heavy atom. The fourth-order valence-corrected chi connectivity index (χ4v) is 5.50. The van der Waals surface area contributed by atoms with Crippen LogP contribution in [0.5, 0.6) is 0 Å². The quantitative estimate of drug-likeness (QED) is 0.593. The zero-order chi connectivity index (χ0) is 12.2. The van der Waals surface area contributed by atoms with Crippen molar-refractivity contribution in [3.63, 3.8) is 0 Å². The van der Waals surface area contributed by atoms with Gasteiger partial charge < -0.3 is 0 Å². The third-order valence-electron chi connectivity index (χ3n) is 4.46. The van der Waals surface area contributed by atoms with Crippen LogP contribution in [0.2, 0.25) is 0 Å². The second-order valence-corrected chi connectivity index (χ2v) is 8.10. The third-order valence-corrected chi connectivity index (χ3v) is 5.58. The molecule has 0 radical (unpaired) electrons. The van der Waals surface area contributed by atoms with E-state index in [1.165, 1.54) is 12.8 Å². The average molecular weight is 236 g/mol. The highest BCUT2D eigenvalue weighted by Crippen LogP contribution is 2.61. The van der Waals surface area contributed by atoms with Gasteiger partial charge in [-0.1, -0.05) is 41.5 Å². The van der Waals surface area contributed by atoms with Gasteiger partial charge in [-0.25, -0.2) is 0 Å². The maximum atomic E-state index is 2.41. The lowest BCUT2D eigenvalue weighted by Crippen LogP contribution is -2.48. The molecule has 0 nitrogen and oxygen atoms in total. The predicted molar refractivity (Wildman–Crippen MR) is 73.2 cm³/mol. The van der Waals surface area contributed by atoms with Crippen LogP contribution in [-0.2, 0) is 11.8 Å². The molecule has 1 heteroatoms. The van der Waals surface area contributed by atoms with Gasteiger partial charge in [-0.3, -0.25) is 0 Å². The number of hydrogen-bond acceptors (Lipinski definition) is 1. The molecular formula is C15H24S. The molecule has 90 valence electrons. The summed E-state index contributed by atoms with van der Waals surface area (Å²) in [7, 11) is 0. The van der Waals surface area contributed by atoms with Crippen molar-refractivity contribution in [1.29, 1.82) is 0 Å². The number of fused-ring (bicyclic) bond motifs is 1. The highest BCUT2D eigenvalue weighted by atomic mass is 32.1. The van der Waals surface area contributed by atoms with Crippen LogP contribution in [0, 0.1) is 10.8 Å². The Bertz CT molecular complexity index is 370. The van der Waals surface area contributed by atoms with Crippen LogP contribution >= 0.6 is 11.3 Å². The number of aryl methyl sites for hydroxylation is 1. The van der Waals surface area contributed by atoms with E-state index >= 15 is 0 Å². The van der Waals surface area contributed by atoms with Crippen LogP contribution in [0.15, 0.2) is 11.4 Å². The second kappa shape index (κ2) is 3.35. The number of rotatable bonds is 0. The summed E-state index contributed by atoms with van der Waals surface area (Å²) in [6.07, 6.45) is 2.59. The molecule has 0 saturated heterocycles. The largest absolute Gasteiger partial charge is 0.148 e. The fraction of sp³-hybridized carbons (Fsp3) is 0.733. The van der Waals surface area contributed by atoms with E-state index in [0.29, 0.717) is 16.2 Å². The molecule has 2 rings (SSSR count). The lowest BCUT2D eigenvalue weighted by atomic mass is 9.53. The Labute approximate surface area is 104 Å². The van der Waals surface area contributed by atoms with E-state index in [2.05, 4.69) is 53.0 Å². The summed E-state index contributed by atoms with van der Waals surface area (Å²) in [5, 5.41) is 2.27. The fourth-order valence-electron chi connectivity index (χ4n) is 3.90. The van der Waals surface area contributed by atoms with Gasteiger partial charge in [-0.15, -0.1) is 11.3 Å². The van der Waals surface area contributed by atoms with Crippen molar-refractivity contribution in [3.8, 4) is 0 Å². The smallest absolute Gasteiger partial charge is 0.0150 e. The molecule has 0 unspecified atom stereocenters. The minimum Gasteiger partial charge on any atom is -0.148 e. The summed E-state index contributed by atoms with van der Waals surface area (Å²) < 4.78 is 0. The van der Waals surface area contributed by atoms with E-state index in [-0.39, 0.29) is 0 Å². The first-order valence-corrected chi connectivity index (χ1v) is 7.15. The summed E-state index contributed by atoms with van der Waals surface area (Å²) in [6.45, 7) is 14.5. The molecule has 1 aromatic heterocycles. The van der Waals surface area contributed by atoms with Gasteiger partial charge >= 0.3 is 0 Å². The summed E-state index contributed by atoms with van der Waals surface area (Å²) in [5.41, 5.74) is 2.63. The first-order valence-electron chi connectivity index (χ1n) is 6.27. The Morgan fingerprint density at radius 2 is 1.62 bits per heavy atom. The predicted octanol–water partition coefficient (Wildman–Crippen LogP) is 5.02. The Kier molecular flexibility index (Phi) is 2.55. The van der Waals surface area contributed by atoms with Crippen molar-refractivity contribution in [1.82, 2.24) is 0 Å². The lowest BCUT2D eigenvalue weighted by molar-refractivity contribution is 0.0555. The standard InChI is InChI=1S/C15H24S/c1-13(2,3)15(14(4,5)6)9-7-11-8-10-16-12(11)15/h8,10H,7,9H2,1-6H3. The summed E-state index contributed by atoms with van der Waals surface area (Å²) in [6, 6.07) is 2.33. The van der Waals surface area contributed by atoms with Crippen molar-refractivity contribution < 1.29 is 0 Å². The van der Waals surface area contributed by atoms with Gasteiger partial charge in [-0.2, -0.15) is 0 Å². The molecule has 16 heavy (non-hydrogen) atoms. The summed E-state index contributed by atoms with van der Waals surface area (Å²) in [4.78, 5) is 1.66. The van der Waals surface area contributed by atoms with Gasteiger partial charge in [0.25, 0.3) is 0 Å². The normalized spacial score (nSPS) is 19.9. The van der Waals surface area contributed by atoms with Gasteiger partial charge in [0.15, 0.2) is 0 Å². The van der Waals surface area contributed by atoms with Crippen LogP contribution in [0.25, 0.3) is 0 Å². The van der Waals surface area contributed by atoms with E-state index < -0.39 is 0 Å². The molecule has 0 aromatic carbocycles. The summed E-state index contributed by atoms with van der Waals surface area (Å²) >= 11 is 1.97. The van der Waals surface area contributed by atoms with Gasteiger partial charge in [0, 0.05) is 10.3 Å². The molecule has 0 saturated carbocycles.